The number of hydrogen-bond acceptors (Lipinski definition) is 4. The number of nitrogens with one attached hydrogen (secondary N) is 1. The van der Waals surface area contributed by atoms with E-state index in [0.717, 1.165) is 6.54 Å². The first-order chi connectivity index (χ1) is 6.55. The Morgan fingerprint density at radius 2 is 2.14 bits per heavy atom. The molecule has 0 saturated carbocycles. The smallest absolute Gasteiger partial charge is 0.218 e. The summed E-state index contributed by atoms with van der Waals surface area (Å²) in [4.78, 5) is 2.08. The van der Waals surface area contributed by atoms with Crippen LogP contribution in [-0.2, 0) is 14.8 Å². The Labute approximate surface area is 85.5 Å². The molecule has 1 rings (SSSR count). The van der Waals surface area contributed by atoms with Gasteiger partial charge in [0.05, 0.1) is 6.10 Å². The van der Waals surface area contributed by atoms with E-state index in [1.807, 2.05) is 6.92 Å². The number of hydrogen-bond donors (Lipinski definition) is 1. The number of methoxy groups -OCH3 is 1. The SMILES string of the molecule is CCN1CC(OC)C(S(=O)(=O)NC)C1. The van der Waals surface area contributed by atoms with Gasteiger partial charge in [0.25, 0.3) is 0 Å². The molecule has 0 bridgehead atoms. The molecule has 2 atom stereocenters. The Morgan fingerprint density at radius 3 is 2.57 bits per heavy atom. The Kier molecular flexibility index (Phi) is 3.88. The minimum Gasteiger partial charge on any atom is -0.379 e. The summed E-state index contributed by atoms with van der Waals surface area (Å²) in [6.45, 7) is 4.12. The van der Waals surface area contributed by atoms with Gasteiger partial charge in [-0.3, -0.25) is 4.90 Å². The Hall–Kier alpha value is -0.170. The predicted octanol–water partition coefficient (Wildman–Crippen LogP) is -0.745. The van der Waals surface area contributed by atoms with Crippen LogP contribution in [0.2, 0.25) is 0 Å². The first-order valence-electron chi connectivity index (χ1n) is 4.72. The molecule has 0 amide bonds. The topological polar surface area (TPSA) is 58.6 Å². The van der Waals surface area contributed by atoms with Gasteiger partial charge in [-0.05, 0) is 13.6 Å². The van der Waals surface area contributed by atoms with E-state index >= 15 is 0 Å². The number of rotatable bonds is 4. The Balaban J connectivity index is 2.78. The Morgan fingerprint density at radius 1 is 1.50 bits per heavy atom. The van der Waals surface area contributed by atoms with Crippen molar-refractivity contribution in [3.8, 4) is 0 Å². The van der Waals surface area contributed by atoms with Gasteiger partial charge in [-0.2, -0.15) is 0 Å². The van der Waals surface area contributed by atoms with Crippen LogP contribution in [-0.4, -0.2) is 58.5 Å². The van der Waals surface area contributed by atoms with E-state index in [-0.39, 0.29) is 6.10 Å². The van der Waals surface area contributed by atoms with Gasteiger partial charge in [0, 0.05) is 20.2 Å². The molecular weight excluding hydrogens is 204 g/mol. The average molecular weight is 222 g/mol. The second kappa shape index (κ2) is 4.57. The van der Waals surface area contributed by atoms with Crippen LogP contribution >= 0.6 is 0 Å². The van der Waals surface area contributed by atoms with Gasteiger partial charge < -0.3 is 4.74 Å². The molecule has 1 saturated heterocycles. The van der Waals surface area contributed by atoms with Gasteiger partial charge in [-0.25, -0.2) is 13.1 Å². The molecule has 2 unspecified atom stereocenters. The van der Waals surface area contributed by atoms with Gasteiger partial charge in [0.1, 0.15) is 5.25 Å². The summed E-state index contributed by atoms with van der Waals surface area (Å²) in [6, 6.07) is 0. The fraction of sp³-hybridized carbons (Fsp3) is 1.00. The number of sulfonamides is 1. The van der Waals surface area contributed by atoms with E-state index in [1.165, 1.54) is 7.05 Å². The van der Waals surface area contributed by atoms with Gasteiger partial charge in [-0.1, -0.05) is 6.92 Å². The van der Waals surface area contributed by atoms with Crippen molar-refractivity contribution in [2.24, 2.45) is 0 Å². The molecule has 0 aliphatic carbocycles. The van der Waals surface area contributed by atoms with Crippen molar-refractivity contribution >= 4 is 10.0 Å². The summed E-state index contributed by atoms with van der Waals surface area (Å²) >= 11 is 0. The summed E-state index contributed by atoms with van der Waals surface area (Å²) < 4.78 is 30.8. The van der Waals surface area contributed by atoms with Gasteiger partial charge in [-0.15, -0.1) is 0 Å². The van der Waals surface area contributed by atoms with Crippen molar-refractivity contribution in [3.05, 3.63) is 0 Å². The molecule has 1 fully saturated rings. The van der Waals surface area contributed by atoms with Crippen molar-refractivity contribution in [1.82, 2.24) is 9.62 Å². The van der Waals surface area contributed by atoms with Gasteiger partial charge in [0.2, 0.25) is 10.0 Å². The molecule has 0 spiro atoms. The number of nitrogens with zero attached hydrogens (tertiary/aromatic N) is 1. The molecular formula is C8H18N2O3S. The van der Waals surface area contributed by atoms with Crippen molar-refractivity contribution in [1.29, 1.82) is 0 Å². The van der Waals surface area contributed by atoms with Crippen molar-refractivity contribution < 1.29 is 13.2 Å². The molecule has 0 aromatic rings. The lowest BCUT2D eigenvalue weighted by atomic mass is 10.3. The maximum absolute atomic E-state index is 11.6. The van der Waals surface area contributed by atoms with Crippen LogP contribution in [0, 0.1) is 0 Å². The van der Waals surface area contributed by atoms with Gasteiger partial charge >= 0.3 is 0 Å². The van der Waals surface area contributed by atoms with E-state index < -0.39 is 15.3 Å². The van der Waals surface area contributed by atoms with Crippen LogP contribution in [0.1, 0.15) is 6.92 Å². The lowest BCUT2D eigenvalue weighted by Crippen LogP contribution is -2.40. The molecule has 5 nitrogen and oxygen atoms in total. The van der Waals surface area contributed by atoms with Crippen molar-refractivity contribution in [3.63, 3.8) is 0 Å². The highest BCUT2D eigenvalue weighted by Gasteiger charge is 2.40. The lowest BCUT2D eigenvalue weighted by molar-refractivity contribution is 0.110. The van der Waals surface area contributed by atoms with E-state index in [9.17, 15) is 8.42 Å². The monoisotopic (exact) mass is 222 g/mol. The predicted molar refractivity (Wildman–Crippen MR) is 54.7 cm³/mol. The highest BCUT2D eigenvalue weighted by molar-refractivity contribution is 7.90. The third-order valence-corrected chi connectivity index (χ3v) is 4.54. The molecule has 6 heteroatoms. The molecule has 84 valence electrons. The molecule has 1 aliphatic heterocycles. The van der Waals surface area contributed by atoms with Crippen molar-refractivity contribution in [2.75, 3.05) is 33.8 Å². The van der Waals surface area contributed by atoms with E-state index in [4.69, 9.17) is 4.74 Å². The summed E-state index contributed by atoms with van der Waals surface area (Å²) in [6.07, 6.45) is -0.215. The van der Waals surface area contributed by atoms with Gasteiger partial charge in [0.15, 0.2) is 0 Å². The van der Waals surface area contributed by atoms with Crippen LogP contribution in [0.3, 0.4) is 0 Å². The van der Waals surface area contributed by atoms with Crippen molar-refractivity contribution in [2.45, 2.75) is 18.3 Å². The van der Waals surface area contributed by atoms with E-state index in [2.05, 4.69) is 9.62 Å². The zero-order chi connectivity index (χ0) is 10.8. The maximum atomic E-state index is 11.6. The first-order valence-corrected chi connectivity index (χ1v) is 6.27. The minimum atomic E-state index is -3.22. The Bertz CT molecular complexity index is 278. The second-order valence-corrected chi connectivity index (χ2v) is 5.52. The molecule has 0 radical (unpaired) electrons. The summed E-state index contributed by atoms with van der Waals surface area (Å²) in [7, 11) is -0.220. The highest BCUT2D eigenvalue weighted by Crippen LogP contribution is 2.18. The number of ether oxygens (including phenoxy) is 1. The molecule has 1 heterocycles. The zero-order valence-corrected chi connectivity index (χ0v) is 9.67. The third-order valence-electron chi connectivity index (χ3n) is 2.72. The number of likely N-dealkylation sites (N-methyl/N-ethyl adjacent to an activating group) is 1. The van der Waals surface area contributed by atoms with E-state index in [0.29, 0.717) is 13.1 Å². The summed E-state index contributed by atoms with van der Waals surface area (Å²) in [5.74, 6) is 0. The zero-order valence-electron chi connectivity index (χ0n) is 8.86. The summed E-state index contributed by atoms with van der Waals surface area (Å²) in [5.41, 5.74) is 0. The minimum absolute atomic E-state index is 0.215. The molecule has 0 aromatic carbocycles. The lowest BCUT2D eigenvalue weighted by Gasteiger charge is -2.16. The largest absolute Gasteiger partial charge is 0.379 e. The van der Waals surface area contributed by atoms with Crippen LogP contribution in [0.25, 0.3) is 0 Å². The first kappa shape index (κ1) is 11.9. The molecule has 14 heavy (non-hydrogen) atoms. The normalized spacial score (nSPS) is 29.6. The fourth-order valence-electron chi connectivity index (χ4n) is 1.75. The highest BCUT2D eigenvalue weighted by atomic mass is 32.2. The van der Waals surface area contributed by atoms with E-state index in [1.54, 1.807) is 7.11 Å². The van der Waals surface area contributed by atoms with Crippen LogP contribution in [0.4, 0.5) is 0 Å². The standard InChI is InChI=1S/C8H18N2O3S/c1-4-10-5-7(13-3)8(6-10)14(11,12)9-2/h7-9H,4-6H2,1-3H3. The quantitative estimate of drug-likeness (QED) is 0.680. The number of likely N-dealkylation sites (tertiary alicyclic amines) is 1. The maximum Gasteiger partial charge on any atom is 0.218 e. The second-order valence-electron chi connectivity index (χ2n) is 3.41. The molecule has 0 aromatic heterocycles. The average Bonchev–Trinajstić information content (AvgIpc) is 2.61. The molecule has 1 N–H and O–H groups in total. The van der Waals surface area contributed by atoms with Crippen LogP contribution < -0.4 is 4.72 Å². The third kappa shape index (κ3) is 2.25. The fourth-order valence-corrected chi connectivity index (χ4v) is 3.06. The summed E-state index contributed by atoms with van der Waals surface area (Å²) in [5, 5.41) is -0.447. The van der Waals surface area contributed by atoms with Crippen LogP contribution in [0.15, 0.2) is 0 Å². The molecule has 1 aliphatic rings. The van der Waals surface area contributed by atoms with Crippen LogP contribution in [0.5, 0.6) is 0 Å².